The number of carbonyl (C=O) groups excluding carboxylic acids is 1. The Morgan fingerprint density at radius 2 is 2.12 bits per heavy atom. The molecule has 1 atom stereocenters. The first kappa shape index (κ1) is 16.3. The molecule has 2 aromatic heterocycles. The van der Waals surface area contributed by atoms with Crippen molar-refractivity contribution in [1.82, 2.24) is 25.1 Å². The summed E-state index contributed by atoms with van der Waals surface area (Å²) in [6.07, 6.45) is 3.85. The topological polar surface area (TPSA) is 72.7 Å². The molecule has 3 rings (SSSR count). The number of hydrogen-bond acceptors (Lipinski definition) is 5. The first-order valence-electron chi connectivity index (χ1n) is 7.73. The molecule has 0 spiro atoms. The number of rotatable bonds is 6. The van der Waals surface area contributed by atoms with E-state index in [2.05, 4.69) is 51.6 Å². The molecule has 0 aliphatic carbocycles. The van der Waals surface area contributed by atoms with E-state index < -0.39 is 0 Å². The Balaban J connectivity index is 1.58. The summed E-state index contributed by atoms with van der Waals surface area (Å²) in [5.41, 5.74) is 2.90. The number of carbonyl (C=O) groups is 1. The minimum absolute atomic E-state index is 0.0542. The monoisotopic (exact) mass is 341 g/mol. The third-order valence-corrected chi connectivity index (χ3v) is 4.41. The van der Waals surface area contributed by atoms with Crippen LogP contribution in [0, 0.1) is 6.92 Å². The van der Waals surface area contributed by atoms with E-state index in [1.807, 2.05) is 6.92 Å². The molecule has 0 fully saturated rings. The Kier molecular flexibility index (Phi) is 5.00. The van der Waals surface area contributed by atoms with E-state index >= 15 is 0 Å². The lowest BCUT2D eigenvalue weighted by molar-refractivity contribution is 0.0931. The highest BCUT2D eigenvalue weighted by atomic mass is 32.1. The van der Waals surface area contributed by atoms with Gasteiger partial charge in [-0.25, -0.2) is 9.97 Å². The van der Waals surface area contributed by atoms with Crippen LogP contribution in [0.3, 0.4) is 0 Å². The Labute approximate surface area is 144 Å². The van der Waals surface area contributed by atoms with Crippen molar-refractivity contribution in [2.75, 3.05) is 0 Å². The van der Waals surface area contributed by atoms with E-state index in [1.165, 1.54) is 28.8 Å². The summed E-state index contributed by atoms with van der Waals surface area (Å²) in [7, 11) is 0. The lowest BCUT2D eigenvalue weighted by Gasteiger charge is -2.12. The molecule has 0 aliphatic heterocycles. The number of amides is 1. The van der Waals surface area contributed by atoms with E-state index in [0.717, 1.165) is 11.4 Å². The number of aromatic nitrogens is 4. The van der Waals surface area contributed by atoms with Gasteiger partial charge in [-0.3, -0.25) is 9.48 Å². The molecule has 1 unspecified atom stereocenters. The van der Waals surface area contributed by atoms with Crippen molar-refractivity contribution >= 4 is 17.2 Å². The highest BCUT2D eigenvalue weighted by Gasteiger charge is 2.14. The number of nitrogens with one attached hydrogen (secondary N) is 1. The van der Waals surface area contributed by atoms with Crippen LogP contribution >= 0.6 is 11.3 Å². The van der Waals surface area contributed by atoms with Crippen molar-refractivity contribution in [2.45, 2.75) is 32.9 Å². The largest absolute Gasteiger partial charge is 0.346 e. The quantitative estimate of drug-likeness (QED) is 0.747. The Morgan fingerprint density at radius 3 is 2.83 bits per heavy atom. The molecular formula is C17H19N5OS. The molecular weight excluding hydrogens is 322 g/mol. The van der Waals surface area contributed by atoms with Crippen molar-refractivity contribution in [2.24, 2.45) is 0 Å². The number of benzene rings is 1. The molecule has 0 saturated carbocycles. The highest BCUT2D eigenvalue weighted by Crippen LogP contribution is 2.15. The van der Waals surface area contributed by atoms with Gasteiger partial charge >= 0.3 is 0 Å². The van der Waals surface area contributed by atoms with Crippen molar-refractivity contribution in [3.63, 3.8) is 0 Å². The van der Waals surface area contributed by atoms with Crippen LogP contribution in [0.25, 0.3) is 0 Å². The molecule has 1 amide bonds. The van der Waals surface area contributed by atoms with Gasteiger partial charge < -0.3 is 5.32 Å². The summed E-state index contributed by atoms with van der Waals surface area (Å²) >= 11 is 1.51. The summed E-state index contributed by atoms with van der Waals surface area (Å²) in [5, 5.41) is 9.71. The fourth-order valence-electron chi connectivity index (χ4n) is 2.33. The van der Waals surface area contributed by atoms with Gasteiger partial charge in [0.15, 0.2) is 0 Å². The Bertz CT molecular complexity index is 795. The van der Waals surface area contributed by atoms with Crippen molar-refractivity contribution in [3.8, 4) is 0 Å². The van der Waals surface area contributed by atoms with Crippen LogP contribution in [0.4, 0.5) is 0 Å². The zero-order valence-electron chi connectivity index (χ0n) is 13.6. The number of aryl methyl sites for hydroxylation is 1. The van der Waals surface area contributed by atoms with Gasteiger partial charge in [-0.15, -0.1) is 11.3 Å². The lowest BCUT2D eigenvalue weighted by atomic mass is 10.1. The molecule has 124 valence electrons. The summed E-state index contributed by atoms with van der Waals surface area (Å²) in [6.45, 7) is 4.57. The molecule has 1 aromatic carbocycles. The molecule has 1 N–H and O–H groups in total. The minimum atomic E-state index is -0.158. The minimum Gasteiger partial charge on any atom is -0.346 e. The van der Waals surface area contributed by atoms with Gasteiger partial charge in [-0.2, -0.15) is 5.10 Å². The second-order valence-corrected chi connectivity index (χ2v) is 6.72. The molecule has 0 radical (unpaired) electrons. The van der Waals surface area contributed by atoms with Gasteiger partial charge in [0.25, 0.3) is 5.91 Å². The Morgan fingerprint density at radius 1 is 1.33 bits per heavy atom. The van der Waals surface area contributed by atoms with Gasteiger partial charge in [0.1, 0.15) is 18.3 Å². The predicted molar refractivity (Wildman–Crippen MR) is 93.0 cm³/mol. The van der Waals surface area contributed by atoms with E-state index in [0.29, 0.717) is 12.2 Å². The van der Waals surface area contributed by atoms with Gasteiger partial charge in [-0.1, -0.05) is 29.8 Å². The van der Waals surface area contributed by atoms with E-state index in [9.17, 15) is 4.79 Å². The zero-order chi connectivity index (χ0) is 16.9. The van der Waals surface area contributed by atoms with Crippen LogP contribution in [0.2, 0.25) is 0 Å². The molecule has 6 nitrogen and oxygen atoms in total. The van der Waals surface area contributed by atoms with Gasteiger partial charge in [0.05, 0.1) is 11.6 Å². The molecule has 24 heavy (non-hydrogen) atoms. The van der Waals surface area contributed by atoms with E-state index in [1.54, 1.807) is 16.4 Å². The standard InChI is InChI=1S/C17H19N5OS/c1-12-3-5-14(6-4-12)7-16-21-15(9-24-16)17(23)20-13(2)8-22-11-18-10-19-22/h3-6,9-11,13H,7-8H2,1-2H3,(H,20,23). The summed E-state index contributed by atoms with van der Waals surface area (Å²) < 4.78 is 1.69. The van der Waals surface area contributed by atoms with E-state index in [4.69, 9.17) is 0 Å². The third kappa shape index (κ3) is 4.26. The van der Waals surface area contributed by atoms with Crippen LogP contribution < -0.4 is 5.32 Å². The lowest BCUT2D eigenvalue weighted by Crippen LogP contribution is -2.36. The first-order valence-corrected chi connectivity index (χ1v) is 8.61. The fourth-order valence-corrected chi connectivity index (χ4v) is 3.14. The number of hydrogen-bond donors (Lipinski definition) is 1. The smallest absolute Gasteiger partial charge is 0.271 e. The second kappa shape index (κ2) is 7.35. The molecule has 7 heteroatoms. The molecule has 2 heterocycles. The summed E-state index contributed by atoms with van der Waals surface area (Å²) in [6, 6.07) is 8.31. The molecule has 3 aromatic rings. The summed E-state index contributed by atoms with van der Waals surface area (Å²) in [5.74, 6) is -0.158. The van der Waals surface area contributed by atoms with Crippen LogP contribution in [-0.2, 0) is 13.0 Å². The normalized spacial score (nSPS) is 12.1. The van der Waals surface area contributed by atoms with Crippen molar-refractivity contribution in [1.29, 1.82) is 0 Å². The molecule has 0 saturated heterocycles. The maximum atomic E-state index is 12.3. The predicted octanol–water partition coefficient (Wildman–Crippen LogP) is 2.45. The fraction of sp³-hybridized carbons (Fsp3) is 0.294. The van der Waals surface area contributed by atoms with Crippen LogP contribution in [0.15, 0.2) is 42.3 Å². The van der Waals surface area contributed by atoms with Crippen molar-refractivity contribution in [3.05, 3.63) is 64.1 Å². The molecule has 0 bridgehead atoms. The average molecular weight is 341 g/mol. The van der Waals surface area contributed by atoms with Gasteiger partial charge in [0, 0.05) is 17.8 Å². The van der Waals surface area contributed by atoms with Crippen LogP contribution in [0.1, 0.15) is 33.5 Å². The maximum Gasteiger partial charge on any atom is 0.271 e. The molecule has 0 aliphatic rings. The number of thiazole rings is 1. The van der Waals surface area contributed by atoms with Crippen LogP contribution in [-0.4, -0.2) is 31.7 Å². The maximum absolute atomic E-state index is 12.3. The van der Waals surface area contributed by atoms with Crippen LogP contribution in [0.5, 0.6) is 0 Å². The van der Waals surface area contributed by atoms with Gasteiger partial charge in [0.2, 0.25) is 0 Å². The SMILES string of the molecule is Cc1ccc(Cc2nc(C(=O)NC(C)Cn3cncn3)cs2)cc1. The number of nitrogens with zero attached hydrogens (tertiary/aromatic N) is 4. The average Bonchev–Trinajstić information content (AvgIpc) is 3.21. The first-order chi connectivity index (χ1) is 11.6. The van der Waals surface area contributed by atoms with Gasteiger partial charge in [-0.05, 0) is 19.4 Å². The van der Waals surface area contributed by atoms with Crippen molar-refractivity contribution < 1.29 is 4.79 Å². The summed E-state index contributed by atoms with van der Waals surface area (Å²) in [4.78, 5) is 20.6. The zero-order valence-corrected chi connectivity index (χ0v) is 14.5. The third-order valence-electron chi connectivity index (χ3n) is 3.57. The second-order valence-electron chi connectivity index (χ2n) is 5.78. The Hall–Kier alpha value is -2.54. The van der Waals surface area contributed by atoms with E-state index in [-0.39, 0.29) is 11.9 Å². The highest BCUT2D eigenvalue weighted by molar-refractivity contribution is 7.09.